The molecule has 0 aliphatic carbocycles. The Bertz CT molecular complexity index is 187. The van der Waals surface area contributed by atoms with Crippen molar-refractivity contribution in [1.82, 2.24) is 5.32 Å². The van der Waals surface area contributed by atoms with Gasteiger partial charge in [0.25, 0.3) is 0 Å². The lowest BCUT2D eigenvalue weighted by molar-refractivity contribution is -0.140. The standard InChI is InChI=1S/C8H13NO3/c1-3-4-7(10)9-6-5-8(11)12-2/h3-4H,5-6H2,1-2H3,(H,9,10)/b4-3+. The van der Waals surface area contributed by atoms with Crippen molar-refractivity contribution in [2.24, 2.45) is 0 Å². The zero-order valence-corrected chi connectivity index (χ0v) is 7.29. The Morgan fingerprint density at radius 2 is 2.17 bits per heavy atom. The summed E-state index contributed by atoms with van der Waals surface area (Å²) >= 11 is 0. The minimum Gasteiger partial charge on any atom is -0.469 e. The third-order valence-corrected chi connectivity index (χ3v) is 1.17. The van der Waals surface area contributed by atoms with Gasteiger partial charge in [-0.2, -0.15) is 0 Å². The molecule has 0 aromatic carbocycles. The van der Waals surface area contributed by atoms with Gasteiger partial charge in [0, 0.05) is 6.54 Å². The lowest BCUT2D eigenvalue weighted by Crippen LogP contribution is -2.24. The highest BCUT2D eigenvalue weighted by Gasteiger charge is 1.99. The summed E-state index contributed by atoms with van der Waals surface area (Å²) in [5, 5.41) is 2.52. The average molecular weight is 171 g/mol. The fraction of sp³-hybridized carbons (Fsp3) is 0.500. The molecule has 0 saturated carbocycles. The second kappa shape index (κ2) is 6.39. The van der Waals surface area contributed by atoms with E-state index in [0.717, 1.165) is 0 Å². The van der Waals surface area contributed by atoms with Crippen molar-refractivity contribution in [3.8, 4) is 0 Å². The highest BCUT2D eigenvalue weighted by molar-refractivity contribution is 5.87. The monoisotopic (exact) mass is 171 g/mol. The first kappa shape index (κ1) is 10.7. The molecule has 1 amide bonds. The predicted octanol–water partition coefficient (Wildman–Crippen LogP) is 0.242. The van der Waals surface area contributed by atoms with Gasteiger partial charge in [-0.15, -0.1) is 0 Å². The minimum atomic E-state index is -0.323. The van der Waals surface area contributed by atoms with Crippen LogP contribution in [0.5, 0.6) is 0 Å². The average Bonchev–Trinajstić information content (AvgIpc) is 2.04. The van der Waals surface area contributed by atoms with Crippen molar-refractivity contribution in [3.63, 3.8) is 0 Å². The summed E-state index contributed by atoms with van der Waals surface area (Å²) < 4.78 is 4.38. The molecular weight excluding hydrogens is 158 g/mol. The summed E-state index contributed by atoms with van der Waals surface area (Å²) in [5.41, 5.74) is 0. The van der Waals surface area contributed by atoms with Crippen molar-refractivity contribution < 1.29 is 14.3 Å². The Morgan fingerprint density at radius 3 is 2.67 bits per heavy atom. The molecule has 4 heteroatoms. The molecule has 68 valence electrons. The van der Waals surface area contributed by atoms with E-state index in [-0.39, 0.29) is 18.3 Å². The molecule has 0 spiro atoms. The van der Waals surface area contributed by atoms with Gasteiger partial charge in [-0.25, -0.2) is 0 Å². The van der Waals surface area contributed by atoms with Crippen molar-refractivity contribution in [2.75, 3.05) is 13.7 Å². The maximum Gasteiger partial charge on any atom is 0.307 e. The topological polar surface area (TPSA) is 55.4 Å². The first-order chi connectivity index (χ1) is 5.70. The lowest BCUT2D eigenvalue weighted by atomic mass is 10.4. The number of amides is 1. The second-order valence-electron chi connectivity index (χ2n) is 2.12. The Labute approximate surface area is 71.6 Å². The van der Waals surface area contributed by atoms with Gasteiger partial charge < -0.3 is 10.1 Å². The van der Waals surface area contributed by atoms with Crippen LogP contribution in [0.15, 0.2) is 12.2 Å². The molecule has 0 saturated heterocycles. The summed E-state index contributed by atoms with van der Waals surface area (Å²) in [6.07, 6.45) is 3.24. The molecule has 0 bridgehead atoms. The zero-order chi connectivity index (χ0) is 9.40. The molecule has 0 aromatic heterocycles. The van der Waals surface area contributed by atoms with E-state index in [0.29, 0.717) is 6.54 Å². The number of rotatable bonds is 4. The molecule has 0 atom stereocenters. The quantitative estimate of drug-likeness (QED) is 0.487. The maximum atomic E-state index is 10.8. The van der Waals surface area contributed by atoms with E-state index in [9.17, 15) is 9.59 Å². The van der Waals surface area contributed by atoms with Crippen molar-refractivity contribution in [2.45, 2.75) is 13.3 Å². The summed E-state index contributed by atoms with van der Waals surface area (Å²) in [5.74, 6) is -0.516. The molecule has 0 unspecified atom stereocenters. The van der Waals surface area contributed by atoms with Gasteiger partial charge in [-0.3, -0.25) is 9.59 Å². The SMILES string of the molecule is C/C=C/C(=O)NCCC(=O)OC. The number of hydrogen-bond acceptors (Lipinski definition) is 3. The summed E-state index contributed by atoms with van der Waals surface area (Å²) in [4.78, 5) is 21.3. The normalized spacial score (nSPS) is 9.83. The summed E-state index contributed by atoms with van der Waals surface area (Å²) in [6.45, 7) is 2.07. The van der Waals surface area contributed by atoms with E-state index >= 15 is 0 Å². The molecule has 4 nitrogen and oxygen atoms in total. The molecule has 1 N–H and O–H groups in total. The van der Waals surface area contributed by atoms with Gasteiger partial charge in [0.15, 0.2) is 0 Å². The molecular formula is C8H13NO3. The Morgan fingerprint density at radius 1 is 1.50 bits per heavy atom. The number of ether oxygens (including phenoxy) is 1. The number of allylic oxidation sites excluding steroid dienone is 1. The Balaban J connectivity index is 3.43. The van der Waals surface area contributed by atoms with Gasteiger partial charge in [0.2, 0.25) is 5.91 Å². The number of hydrogen-bond donors (Lipinski definition) is 1. The van der Waals surface area contributed by atoms with E-state index in [1.54, 1.807) is 13.0 Å². The lowest BCUT2D eigenvalue weighted by Gasteiger charge is -1.99. The van der Waals surface area contributed by atoms with Gasteiger partial charge in [-0.05, 0) is 13.0 Å². The van der Waals surface area contributed by atoms with Crippen LogP contribution in [-0.4, -0.2) is 25.5 Å². The van der Waals surface area contributed by atoms with Gasteiger partial charge in [0.1, 0.15) is 0 Å². The van der Waals surface area contributed by atoms with Crippen LogP contribution in [0, 0.1) is 0 Å². The molecule has 12 heavy (non-hydrogen) atoms. The number of nitrogens with one attached hydrogen (secondary N) is 1. The van der Waals surface area contributed by atoms with E-state index in [1.807, 2.05) is 0 Å². The van der Waals surface area contributed by atoms with E-state index in [1.165, 1.54) is 13.2 Å². The molecule has 0 radical (unpaired) electrons. The summed E-state index contributed by atoms with van der Waals surface area (Å²) in [6, 6.07) is 0. The van der Waals surface area contributed by atoms with Crippen LogP contribution < -0.4 is 5.32 Å². The Kier molecular flexibility index (Phi) is 5.69. The zero-order valence-electron chi connectivity index (χ0n) is 7.29. The van der Waals surface area contributed by atoms with Crippen LogP contribution in [-0.2, 0) is 14.3 Å². The number of esters is 1. The molecule has 0 aromatic rings. The number of methoxy groups -OCH3 is 1. The van der Waals surface area contributed by atoms with Crippen LogP contribution >= 0.6 is 0 Å². The third kappa shape index (κ3) is 5.46. The fourth-order valence-corrected chi connectivity index (χ4v) is 0.600. The van der Waals surface area contributed by atoms with E-state index in [4.69, 9.17) is 0 Å². The molecule has 0 aliphatic heterocycles. The number of carbonyl (C=O) groups excluding carboxylic acids is 2. The molecule has 0 aliphatic rings. The van der Waals surface area contributed by atoms with E-state index in [2.05, 4.69) is 10.1 Å². The van der Waals surface area contributed by atoms with Crippen molar-refractivity contribution in [3.05, 3.63) is 12.2 Å². The van der Waals surface area contributed by atoms with Crippen LogP contribution in [0.2, 0.25) is 0 Å². The van der Waals surface area contributed by atoms with Gasteiger partial charge in [0.05, 0.1) is 13.5 Å². The smallest absolute Gasteiger partial charge is 0.307 e. The summed E-state index contributed by atoms with van der Waals surface area (Å²) in [7, 11) is 1.32. The van der Waals surface area contributed by atoms with Crippen molar-refractivity contribution >= 4 is 11.9 Å². The van der Waals surface area contributed by atoms with E-state index < -0.39 is 0 Å². The van der Waals surface area contributed by atoms with Gasteiger partial charge >= 0.3 is 5.97 Å². The van der Waals surface area contributed by atoms with Gasteiger partial charge in [-0.1, -0.05) is 6.08 Å². The van der Waals surface area contributed by atoms with Crippen molar-refractivity contribution in [1.29, 1.82) is 0 Å². The third-order valence-electron chi connectivity index (χ3n) is 1.17. The second-order valence-corrected chi connectivity index (χ2v) is 2.12. The minimum absolute atomic E-state index is 0.193. The fourth-order valence-electron chi connectivity index (χ4n) is 0.600. The Hall–Kier alpha value is -1.32. The first-order valence-electron chi connectivity index (χ1n) is 3.68. The molecule has 0 fully saturated rings. The van der Waals surface area contributed by atoms with Crippen LogP contribution in [0.4, 0.5) is 0 Å². The largest absolute Gasteiger partial charge is 0.469 e. The van der Waals surface area contributed by atoms with Crippen LogP contribution in [0.25, 0.3) is 0 Å². The van der Waals surface area contributed by atoms with Crippen LogP contribution in [0.3, 0.4) is 0 Å². The number of carbonyl (C=O) groups is 2. The predicted molar refractivity (Wildman–Crippen MR) is 44.5 cm³/mol. The highest BCUT2D eigenvalue weighted by atomic mass is 16.5. The highest BCUT2D eigenvalue weighted by Crippen LogP contribution is 1.81. The molecule has 0 heterocycles. The molecule has 0 rings (SSSR count). The van der Waals surface area contributed by atoms with Crippen LogP contribution in [0.1, 0.15) is 13.3 Å². The first-order valence-corrected chi connectivity index (χ1v) is 3.68. The maximum absolute atomic E-state index is 10.8.